The van der Waals surface area contributed by atoms with E-state index in [1.54, 1.807) is 13.2 Å². The molecule has 0 aliphatic heterocycles. The summed E-state index contributed by atoms with van der Waals surface area (Å²) in [5.41, 5.74) is 1.88. The van der Waals surface area contributed by atoms with Crippen molar-refractivity contribution in [1.29, 1.82) is 0 Å². The zero-order chi connectivity index (χ0) is 15.2. The maximum atomic E-state index is 10.2. The van der Waals surface area contributed by atoms with Gasteiger partial charge in [-0.3, -0.25) is 0 Å². The van der Waals surface area contributed by atoms with E-state index < -0.39 is 6.10 Å². The van der Waals surface area contributed by atoms with Crippen molar-refractivity contribution < 1.29 is 9.84 Å². The third-order valence-electron chi connectivity index (χ3n) is 3.50. The molecule has 4 heteroatoms. The van der Waals surface area contributed by atoms with E-state index >= 15 is 0 Å². The monoisotopic (exact) mass is 305 g/mol. The second-order valence-electron chi connectivity index (χ2n) is 4.94. The SMILES string of the molecule is COc1ccc([C@H](C)NCC(O)c2ccccc2Cl)cc1. The molecular formula is C17H20ClNO2. The van der Waals surface area contributed by atoms with Gasteiger partial charge >= 0.3 is 0 Å². The van der Waals surface area contributed by atoms with Gasteiger partial charge in [0.15, 0.2) is 0 Å². The Morgan fingerprint density at radius 2 is 1.81 bits per heavy atom. The fourth-order valence-corrected chi connectivity index (χ4v) is 2.42. The molecule has 2 aromatic carbocycles. The number of halogens is 1. The molecule has 112 valence electrons. The number of hydrogen-bond acceptors (Lipinski definition) is 3. The summed E-state index contributed by atoms with van der Waals surface area (Å²) in [4.78, 5) is 0. The first-order chi connectivity index (χ1) is 10.1. The second-order valence-corrected chi connectivity index (χ2v) is 5.35. The number of ether oxygens (including phenoxy) is 1. The van der Waals surface area contributed by atoms with Crippen LogP contribution < -0.4 is 10.1 Å². The molecule has 0 saturated heterocycles. The Kier molecular flexibility index (Phi) is 5.62. The van der Waals surface area contributed by atoms with Gasteiger partial charge in [-0.15, -0.1) is 0 Å². The Labute approximate surface area is 130 Å². The molecule has 21 heavy (non-hydrogen) atoms. The number of nitrogens with one attached hydrogen (secondary N) is 1. The highest BCUT2D eigenvalue weighted by Gasteiger charge is 2.13. The average molecular weight is 306 g/mol. The smallest absolute Gasteiger partial charge is 0.118 e. The van der Waals surface area contributed by atoms with Crippen LogP contribution in [-0.2, 0) is 0 Å². The van der Waals surface area contributed by atoms with Crippen molar-refractivity contribution >= 4 is 11.6 Å². The van der Waals surface area contributed by atoms with E-state index in [0.717, 1.165) is 16.9 Å². The van der Waals surface area contributed by atoms with Crippen LogP contribution in [0.4, 0.5) is 0 Å². The Bertz CT molecular complexity index is 571. The predicted octanol–water partition coefficient (Wildman–Crippen LogP) is 3.73. The van der Waals surface area contributed by atoms with Gasteiger partial charge in [-0.05, 0) is 30.7 Å². The van der Waals surface area contributed by atoms with Crippen molar-refractivity contribution in [3.63, 3.8) is 0 Å². The number of hydrogen-bond donors (Lipinski definition) is 2. The van der Waals surface area contributed by atoms with Gasteiger partial charge in [0.2, 0.25) is 0 Å². The molecule has 2 rings (SSSR count). The van der Waals surface area contributed by atoms with Gasteiger partial charge < -0.3 is 15.2 Å². The highest BCUT2D eigenvalue weighted by atomic mass is 35.5. The molecule has 0 fully saturated rings. The van der Waals surface area contributed by atoms with Gasteiger partial charge in [0, 0.05) is 23.2 Å². The van der Waals surface area contributed by atoms with Crippen LogP contribution >= 0.6 is 11.6 Å². The van der Waals surface area contributed by atoms with Crippen molar-refractivity contribution in [3.8, 4) is 5.75 Å². The molecule has 0 aromatic heterocycles. The Morgan fingerprint density at radius 3 is 2.43 bits per heavy atom. The molecule has 2 aromatic rings. The van der Waals surface area contributed by atoms with Gasteiger partial charge in [-0.1, -0.05) is 41.9 Å². The number of aliphatic hydroxyl groups excluding tert-OH is 1. The van der Waals surface area contributed by atoms with E-state index in [0.29, 0.717) is 11.6 Å². The van der Waals surface area contributed by atoms with E-state index in [-0.39, 0.29) is 6.04 Å². The lowest BCUT2D eigenvalue weighted by Crippen LogP contribution is -2.24. The zero-order valence-electron chi connectivity index (χ0n) is 12.2. The maximum Gasteiger partial charge on any atom is 0.118 e. The lowest BCUT2D eigenvalue weighted by molar-refractivity contribution is 0.171. The first-order valence-electron chi connectivity index (χ1n) is 6.91. The Hall–Kier alpha value is -1.55. The van der Waals surface area contributed by atoms with Crippen LogP contribution in [0.15, 0.2) is 48.5 Å². The zero-order valence-corrected chi connectivity index (χ0v) is 13.0. The maximum absolute atomic E-state index is 10.2. The molecule has 3 nitrogen and oxygen atoms in total. The molecule has 0 amide bonds. The minimum absolute atomic E-state index is 0.132. The van der Waals surface area contributed by atoms with E-state index in [1.807, 2.05) is 42.5 Å². The van der Waals surface area contributed by atoms with E-state index in [4.69, 9.17) is 16.3 Å². The standard InChI is InChI=1S/C17H20ClNO2/c1-12(13-7-9-14(21-2)10-8-13)19-11-17(20)15-5-3-4-6-16(15)18/h3-10,12,17,19-20H,11H2,1-2H3/t12-,17?/m0/s1. The molecule has 0 heterocycles. The molecule has 0 bridgehead atoms. The summed E-state index contributed by atoms with van der Waals surface area (Å²) in [5, 5.41) is 14.1. The largest absolute Gasteiger partial charge is 0.497 e. The van der Waals surface area contributed by atoms with Gasteiger partial charge in [-0.25, -0.2) is 0 Å². The number of rotatable bonds is 6. The highest BCUT2D eigenvalue weighted by Crippen LogP contribution is 2.23. The van der Waals surface area contributed by atoms with Crippen LogP contribution in [0, 0.1) is 0 Å². The molecule has 0 aliphatic rings. The molecule has 0 spiro atoms. The van der Waals surface area contributed by atoms with Gasteiger partial charge in [-0.2, -0.15) is 0 Å². The van der Waals surface area contributed by atoms with Gasteiger partial charge in [0.25, 0.3) is 0 Å². The van der Waals surface area contributed by atoms with Crippen molar-refractivity contribution in [2.24, 2.45) is 0 Å². The molecular weight excluding hydrogens is 286 g/mol. The Morgan fingerprint density at radius 1 is 1.14 bits per heavy atom. The summed E-state index contributed by atoms with van der Waals surface area (Å²) in [7, 11) is 1.65. The number of benzene rings is 2. The van der Waals surface area contributed by atoms with Gasteiger partial charge in [0.1, 0.15) is 5.75 Å². The van der Waals surface area contributed by atoms with Crippen LogP contribution in [0.2, 0.25) is 5.02 Å². The van der Waals surface area contributed by atoms with Crippen molar-refractivity contribution in [2.75, 3.05) is 13.7 Å². The fraction of sp³-hybridized carbons (Fsp3) is 0.294. The van der Waals surface area contributed by atoms with Crippen LogP contribution in [0.1, 0.15) is 30.2 Å². The highest BCUT2D eigenvalue weighted by molar-refractivity contribution is 6.31. The Balaban J connectivity index is 1.94. The first-order valence-corrected chi connectivity index (χ1v) is 7.29. The molecule has 2 atom stereocenters. The predicted molar refractivity (Wildman–Crippen MR) is 85.8 cm³/mol. The summed E-state index contributed by atoms with van der Waals surface area (Å²) in [6.45, 7) is 2.50. The summed E-state index contributed by atoms with van der Waals surface area (Å²) < 4.78 is 5.14. The van der Waals surface area contributed by atoms with E-state index in [2.05, 4.69) is 12.2 Å². The summed E-state index contributed by atoms with van der Waals surface area (Å²) in [5.74, 6) is 0.835. The number of methoxy groups -OCH3 is 1. The lowest BCUT2D eigenvalue weighted by atomic mass is 10.1. The normalized spacial score (nSPS) is 13.7. The first kappa shape index (κ1) is 15.8. The summed E-state index contributed by atoms with van der Waals surface area (Å²) in [6, 6.07) is 15.4. The van der Waals surface area contributed by atoms with Crippen LogP contribution in [0.5, 0.6) is 5.75 Å². The molecule has 0 radical (unpaired) electrons. The quantitative estimate of drug-likeness (QED) is 0.854. The molecule has 0 aliphatic carbocycles. The minimum Gasteiger partial charge on any atom is -0.497 e. The van der Waals surface area contributed by atoms with Crippen LogP contribution in [0.25, 0.3) is 0 Å². The third-order valence-corrected chi connectivity index (χ3v) is 3.84. The molecule has 0 saturated carbocycles. The topological polar surface area (TPSA) is 41.5 Å². The van der Waals surface area contributed by atoms with Crippen molar-refractivity contribution in [3.05, 3.63) is 64.7 Å². The fourth-order valence-electron chi connectivity index (χ4n) is 2.15. The van der Waals surface area contributed by atoms with Gasteiger partial charge in [0.05, 0.1) is 13.2 Å². The summed E-state index contributed by atoms with van der Waals surface area (Å²) in [6.07, 6.45) is -0.626. The van der Waals surface area contributed by atoms with Crippen LogP contribution in [0.3, 0.4) is 0 Å². The van der Waals surface area contributed by atoms with Crippen molar-refractivity contribution in [1.82, 2.24) is 5.32 Å². The second kappa shape index (κ2) is 7.46. The van der Waals surface area contributed by atoms with E-state index in [1.165, 1.54) is 0 Å². The molecule has 1 unspecified atom stereocenters. The molecule has 2 N–H and O–H groups in total. The third kappa shape index (κ3) is 4.21. The minimum atomic E-state index is -0.626. The van der Waals surface area contributed by atoms with E-state index in [9.17, 15) is 5.11 Å². The number of aliphatic hydroxyl groups is 1. The van der Waals surface area contributed by atoms with Crippen molar-refractivity contribution in [2.45, 2.75) is 19.1 Å². The van der Waals surface area contributed by atoms with Crippen LogP contribution in [-0.4, -0.2) is 18.8 Å². The summed E-state index contributed by atoms with van der Waals surface area (Å²) >= 11 is 6.08. The average Bonchev–Trinajstić information content (AvgIpc) is 2.52. The lowest BCUT2D eigenvalue weighted by Gasteiger charge is -2.18.